The zero-order valence-electron chi connectivity index (χ0n) is 15.2. The minimum Gasteiger partial charge on any atom is -0.298 e. The molecule has 0 radical (unpaired) electrons. The predicted octanol–water partition coefficient (Wildman–Crippen LogP) is 4.04. The highest BCUT2D eigenvalue weighted by atomic mass is 32.2. The molecule has 0 bridgehead atoms. The molecule has 2 aromatic heterocycles. The van der Waals surface area contributed by atoms with Crippen molar-refractivity contribution in [3.8, 4) is 11.3 Å². The SMILES string of the molecule is CCCS(=O)(=O)c1ccc(/C=C/C(=O)Nc2nc(-c3cccnc3)cs2)cc1. The molecule has 0 spiro atoms. The molecule has 0 saturated carbocycles. The van der Waals surface area contributed by atoms with E-state index in [1.165, 1.54) is 17.4 Å². The van der Waals surface area contributed by atoms with Crippen LogP contribution in [0.15, 0.2) is 65.1 Å². The van der Waals surface area contributed by atoms with Gasteiger partial charge in [0.05, 0.1) is 16.3 Å². The van der Waals surface area contributed by atoms with E-state index in [1.54, 1.807) is 42.7 Å². The summed E-state index contributed by atoms with van der Waals surface area (Å²) in [7, 11) is -3.23. The van der Waals surface area contributed by atoms with E-state index in [0.717, 1.165) is 16.8 Å². The molecule has 0 aliphatic rings. The Kier molecular flexibility index (Phi) is 6.33. The quantitative estimate of drug-likeness (QED) is 0.591. The van der Waals surface area contributed by atoms with Crippen LogP contribution in [0.5, 0.6) is 0 Å². The number of rotatable bonds is 7. The fraction of sp³-hybridized carbons (Fsp3) is 0.150. The van der Waals surface area contributed by atoms with Gasteiger partial charge in [0.25, 0.3) is 0 Å². The molecule has 2 heterocycles. The number of carbonyl (C=O) groups is 1. The Labute approximate surface area is 167 Å². The van der Waals surface area contributed by atoms with Gasteiger partial charge in [-0.2, -0.15) is 0 Å². The molecule has 144 valence electrons. The third-order valence-corrected chi connectivity index (χ3v) is 6.52. The molecular weight excluding hydrogens is 394 g/mol. The summed E-state index contributed by atoms with van der Waals surface area (Å²) in [5, 5.41) is 5.07. The normalized spacial score (nSPS) is 11.6. The fourth-order valence-corrected chi connectivity index (χ4v) is 4.52. The van der Waals surface area contributed by atoms with Crippen LogP contribution in [0, 0.1) is 0 Å². The second-order valence-electron chi connectivity index (χ2n) is 5.99. The molecule has 0 aliphatic carbocycles. The average molecular weight is 414 g/mol. The Balaban J connectivity index is 1.62. The largest absolute Gasteiger partial charge is 0.298 e. The number of aromatic nitrogens is 2. The number of sulfone groups is 1. The summed E-state index contributed by atoms with van der Waals surface area (Å²) in [6.45, 7) is 1.83. The lowest BCUT2D eigenvalue weighted by Gasteiger charge is -2.03. The van der Waals surface area contributed by atoms with Crippen LogP contribution in [-0.4, -0.2) is 30.0 Å². The number of hydrogen-bond donors (Lipinski definition) is 1. The van der Waals surface area contributed by atoms with Gasteiger partial charge in [-0.15, -0.1) is 11.3 Å². The van der Waals surface area contributed by atoms with Crippen LogP contribution in [0.1, 0.15) is 18.9 Å². The topological polar surface area (TPSA) is 89.0 Å². The molecule has 3 aromatic rings. The zero-order chi connectivity index (χ0) is 20.0. The maximum atomic E-state index is 12.1. The molecule has 28 heavy (non-hydrogen) atoms. The van der Waals surface area contributed by atoms with Crippen LogP contribution < -0.4 is 5.32 Å². The van der Waals surface area contributed by atoms with Gasteiger partial charge < -0.3 is 0 Å². The average Bonchev–Trinajstić information content (AvgIpc) is 3.16. The summed E-state index contributed by atoms with van der Waals surface area (Å²) in [5.41, 5.74) is 2.37. The summed E-state index contributed by atoms with van der Waals surface area (Å²) in [6.07, 6.45) is 6.99. The van der Waals surface area contributed by atoms with Crippen LogP contribution in [0.3, 0.4) is 0 Å². The highest BCUT2D eigenvalue weighted by molar-refractivity contribution is 7.91. The fourth-order valence-electron chi connectivity index (χ4n) is 2.47. The van der Waals surface area contributed by atoms with Gasteiger partial charge in [0, 0.05) is 29.4 Å². The number of nitrogens with one attached hydrogen (secondary N) is 1. The molecule has 1 amide bonds. The molecule has 0 unspecified atom stereocenters. The third-order valence-electron chi connectivity index (χ3n) is 3.83. The molecule has 8 heteroatoms. The van der Waals surface area contributed by atoms with Crippen molar-refractivity contribution in [3.63, 3.8) is 0 Å². The molecule has 1 aromatic carbocycles. The third kappa shape index (κ3) is 5.11. The van der Waals surface area contributed by atoms with Crippen molar-refractivity contribution < 1.29 is 13.2 Å². The number of hydrogen-bond acceptors (Lipinski definition) is 6. The van der Waals surface area contributed by atoms with E-state index in [9.17, 15) is 13.2 Å². The first kappa shape index (κ1) is 19.9. The van der Waals surface area contributed by atoms with Gasteiger partial charge in [-0.1, -0.05) is 19.1 Å². The maximum absolute atomic E-state index is 12.1. The summed E-state index contributed by atoms with van der Waals surface area (Å²) in [5.74, 6) is -0.186. The molecule has 0 saturated heterocycles. The number of nitrogens with zero attached hydrogens (tertiary/aromatic N) is 2. The number of benzene rings is 1. The van der Waals surface area contributed by atoms with Crippen molar-refractivity contribution in [2.75, 3.05) is 11.1 Å². The number of anilines is 1. The van der Waals surface area contributed by atoms with E-state index >= 15 is 0 Å². The Hall–Kier alpha value is -2.84. The lowest BCUT2D eigenvalue weighted by atomic mass is 10.2. The molecule has 6 nitrogen and oxygen atoms in total. The van der Waals surface area contributed by atoms with Crippen molar-refractivity contribution in [1.29, 1.82) is 0 Å². The number of carbonyl (C=O) groups excluding carboxylic acids is 1. The van der Waals surface area contributed by atoms with E-state index in [4.69, 9.17) is 0 Å². The molecule has 0 fully saturated rings. The van der Waals surface area contributed by atoms with Crippen LogP contribution in [0.4, 0.5) is 5.13 Å². The van der Waals surface area contributed by atoms with E-state index < -0.39 is 9.84 Å². The van der Waals surface area contributed by atoms with Gasteiger partial charge in [-0.25, -0.2) is 13.4 Å². The standard InChI is InChI=1S/C20H19N3O3S2/c1-2-12-28(25,26)17-8-5-15(6-9-17)7-10-19(24)23-20-22-18(14-27-20)16-4-3-11-21-13-16/h3-11,13-14H,2,12H2,1H3,(H,22,23,24)/b10-7+. The molecule has 0 atom stereocenters. The first-order chi connectivity index (χ1) is 13.5. The van der Waals surface area contributed by atoms with Crippen molar-refractivity contribution in [1.82, 2.24) is 9.97 Å². The lowest BCUT2D eigenvalue weighted by molar-refractivity contribution is -0.111. The predicted molar refractivity (Wildman–Crippen MR) is 112 cm³/mol. The minimum atomic E-state index is -3.23. The summed E-state index contributed by atoms with van der Waals surface area (Å²) in [6, 6.07) is 10.2. The van der Waals surface area contributed by atoms with Crippen molar-refractivity contribution in [2.24, 2.45) is 0 Å². The first-order valence-electron chi connectivity index (χ1n) is 8.66. The van der Waals surface area contributed by atoms with E-state index in [0.29, 0.717) is 16.4 Å². The Morgan fingerprint density at radius 1 is 1.21 bits per heavy atom. The summed E-state index contributed by atoms with van der Waals surface area (Å²) >= 11 is 1.33. The highest BCUT2D eigenvalue weighted by Crippen LogP contribution is 2.24. The van der Waals surface area contributed by atoms with Gasteiger partial charge in [-0.05, 0) is 42.3 Å². The number of pyridine rings is 1. The minimum absolute atomic E-state index is 0.124. The number of amides is 1. The Morgan fingerprint density at radius 3 is 2.68 bits per heavy atom. The van der Waals surface area contributed by atoms with Crippen LogP contribution in [-0.2, 0) is 14.6 Å². The van der Waals surface area contributed by atoms with E-state index in [2.05, 4.69) is 15.3 Å². The van der Waals surface area contributed by atoms with E-state index in [-0.39, 0.29) is 11.7 Å². The summed E-state index contributed by atoms with van der Waals surface area (Å²) in [4.78, 5) is 20.8. The van der Waals surface area contributed by atoms with Crippen LogP contribution >= 0.6 is 11.3 Å². The zero-order valence-corrected chi connectivity index (χ0v) is 16.8. The van der Waals surface area contributed by atoms with Gasteiger partial charge in [0.15, 0.2) is 15.0 Å². The first-order valence-corrected chi connectivity index (χ1v) is 11.2. The van der Waals surface area contributed by atoms with Crippen molar-refractivity contribution in [2.45, 2.75) is 18.2 Å². The summed E-state index contributed by atoms with van der Waals surface area (Å²) < 4.78 is 24.1. The molecular formula is C20H19N3O3S2. The van der Waals surface area contributed by atoms with Gasteiger partial charge in [-0.3, -0.25) is 15.1 Å². The van der Waals surface area contributed by atoms with Gasteiger partial charge >= 0.3 is 0 Å². The van der Waals surface area contributed by atoms with Gasteiger partial charge in [0.2, 0.25) is 5.91 Å². The van der Waals surface area contributed by atoms with Crippen LogP contribution in [0.25, 0.3) is 17.3 Å². The Morgan fingerprint density at radius 2 is 2.00 bits per heavy atom. The Bertz CT molecular complexity index is 1070. The molecule has 3 rings (SSSR count). The van der Waals surface area contributed by atoms with Gasteiger partial charge in [0.1, 0.15) is 0 Å². The maximum Gasteiger partial charge on any atom is 0.250 e. The monoisotopic (exact) mass is 413 g/mol. The lowest BCUT2D eigenvalue weighted by Crippen LogP contribution is -2.07. The van der Waals surface area contributed by atoms with Crippen molar-refractivity contribution >= 4 is 38.3 Å². The number of thiazole rings is 1. The van der Waals surface area contributed by atoms with E-state index in [1.807, 2.05) is 24.4 Å². The molecule has 1 N–H and O–H groups in total. The highest BCUT2D eigenvalue weighted by Gasteiger charge is 2.12. The van der Waals surface area contributed by atoms with Crippen LogP contribution in [0.2, 0.25) is 0 Å². The second kappa shape index (κ2) is 8.90. The smallest absolute Gasteiger partial charge is 0.250 e. The second-order valence-corrected chi connectivity index (χ2v) is 8.96. The van der Waals surface area contributed by atoms with Crippen molar-refractivity contribution in [3.05, 3.63) is 65.8 Å². The molecule has 0 aliphatic heterocycles.